The predicted molar refractivity (Wildman–Crippen MR) is 82.2 cm³/mol. The molecule has 3 aromatic rings. The van der Waals surface area contributed by atoms with E-state index < -0.39 is 0 Å². The highest BCUT2D eigenvalue weighted by atomic mass is 15.5. The lowest BCUT2D eigenvalue weighted by Crippen LogP contribution is -2.27. The zero-order valence-corrected chi connectivity index (χ0v) is 12.0. The fourth-order valence-corrected chi connectivity index (χ4v) is 2.74. The van der Waals surface area contributed by atoms with Crippen LogP contribution in [0.1, 0.15) is 18.4 Å². The zero-order chi connectivity index (χ0) is 14.3. The van der Waals surface area contributed by atoms with Crippen LogP contribution in [0.3, 0.4) is 0 Å². The van der Waals surface area contributed by atoms with E-state index in [0.29, 0.717) is 0 Å². The molecule has 5 nitrogen and oxygen atoms in total. The van der Waals surface area contributed by atoms with Crippen molar-refractivity contribution in [2.45, 2.75) is 25.3 Å². The van der Waals surface area contributed by atoms with Gasteiger partial charge in [-0.3, -0.25) is 0 Å². The van der Waals surface area contributed by atoms with Crippen LogP contribution in [0, 0.1) is 6.92 Å². The molecular formula is C16H17N5. The van der Waals surface area contributed by atoms with Crippen LogP contribution in [0.2, 0.25) is 0 Å². The highest BCUT2D eigenvalue weighted by Gasteiger charge is 2.45. The normalized spacial score (nSPS) is 16.0. The van der Waals surface area contributed by atoms with Crippen molar-refractivity contribution < 1.29 is 0 Å². The standard InChI is InChI=1S/C16H17N5/c1-12-3-2-4-13-5-6-14(19-15(12)13)17-11-16(7-8-16)21-10-9-18-20-21/h2-6,9-10H,7-8,11H2,1H3,(H,17,19). The number of aromatic nitrogens is 4. The Balaban J connectivity index is 1.57. The Morgan fingerprint density at radius 2 is 2.14 bits per heavy atom. The summed E-state index contributed by atoms with van der Waals surface area (Å²) in [6.45, 7) is 2.93. The Hall–Kier alpha value is -2.43. The second-order valence-corrected chi connectivity index (χ2v) is 5.77. The summed E-state index contributed by atoms with van der Waals surface area (Å²) >= 11 is 0. The molecule has 1 aromatic carbocycles. The van der Waals surface area contributed by atoms with Gasteiger partial charge in [0, 0.05) is 18.1 Å². The van der Waals surface area contributed by atoms with Gasteiger partial charge in [-0.1, -0.05) is 23.4 Å². The summed E-state index contributed by atoms with van der Waals surface area (Å²) in [6, 6.07) is 10.4. The van der Waals surface area contributed by atoms with Gasteiger partial charge in [0.2, 0.25) is 0 Å². The predicted octanol–water partition coefficient (Wildman–Crippen LogP) is 2.74. The van der Waals surface area contributed by atoms with Crippen LogP contribution in [0.15, 0.2) is 42.7 Å². The zero-order valence-electron chi connectivity index (χ0n) is 12.0. The summed E-state index contributed by atoms with van der Waals surface area (Å²) in [5, 5.41) is 12.7. The van der Waals surface area contributed by atoms with Gasteiger partial charge in [0.1, 0.15) is 5.82 Å². The number of para-hydroxylation sites is 1. The van der Waals surface area contributed by atoms with Gasteiger partial charge in [-0.25, -0.2) is 9.67 Å². The molecule has 0 spiro atoms. The van der Waals surface area contributed by atoms with Crippen molar-refractivity contribution in [3.8, 4) is 0 Å². The Morgan fingerprint density at radius 3 is 2.90 bits per heavy atom. The molecule has 1 aliphatic rings. The minimum Gasteiger partial charge on any atom is -0.368 e. The van der Waals surface area contributed by atoms with Crippen molar-refractivity contribution in [1.29, 1.82) is 0 Å². The smallest absolute Gasteiger partial charge is 0.126 e. The number of aryl methyl sites for hydroxylation is 1. The third-order valence-electron chi connectivity index (χ3n) is 4.26. The molecule has 0 bridgehead atoms. The van der Waals surface area contributed by atoms with Crippen LogP contribution in [-0.4, -0.2) is 26.5 Å². The SMILES string of the molecule is Cc1cccc2ccc(NCC3(n4ccnn4)CC3)nc12. The Kier molecular flexibility index (Phi) is 2.67. The van der Waals surface area contributed by atoms with Gasteiger partial charge in [-0.2, -0.15) is 0 Å². The number of nitrogens with one attached hydrogen (secondary N) is 1. The monoisotopic (exact) mass is 279 g/mol. The summed E-state index contributed by atoms with van der Waals surface area (Å²) in [6.07, 6.45) is 5.94. The molecule has 0 saturated heterocycles. The summed E-state index contributed by atoms with van der Waals surface area (Å²) in [5.74, 6) is 0.920. The molecular weight excluding hydrogens is 262 g/mol. The largest absolute Gasteiger partial charge is 0.368 e. The number of anilines is 1. The molecule has 0 atom stereocenters. The van der Waals surface area contributed by atoms with Gasteiger partial charge in [-0.15, -0.1) is 5.10 Å². The molecule has 2 heterocycles. The second-order valence-electron chi connectivity index (χ2n) is 5.77. The number of pyridine rings is 1. The van der Waals surface area contributed by atoms with Crippen LogP contribution < -0.4 is 5.32 Å². The molecule has 0 unspecified atom stereocenters. The summed E-state index contributed by atoms with van der Waals surface area (Å²) in [4.78, 5) is 4.73. The molecule has 1 N–H and O–H groups in total. The van der Waals surface area contributed by atoms with Gasteiger partial charge in [0.25, 0.3) is 0 Å². The van der Waals surface area contributed by atoms with E-state index in [2.05, 4.69) is 46.8 Å². The highest BCUT2D eigenvalue weighted by molar-refractivity contribution is 5.83. The summed E-state index contributed by atoms with van der Waals surface area (Å²) in [7, 11) is 0. The second kappa shape index (κ2) is 4.55. The average molecular weight is 279 g/mol. The van der Waals surface area contributed by atoms with Crippen molar-refractivity contribution in [2.75, 3.05) is 11.9 Å². The van der Waals surface area contributed by atoms with E-state index in [0.717, 1.165) is 30.7 Å². The summed E-state index contributed by atoms with van der Waals surface area (Å²) in [5.41, 5.74) is 2.35. The number of benzene rings is 1. The number of nitrogens with zero attached hydrogens (tertiary/aromatic N) is 4. The highest BCUT2D eigenvalue weighted by Crippen LogP contribution is 2.42. The molecule has 0 aliphatic heterocycles. The van der Waals surface area contributed by atoms with Crippen molar-refractivity contribution in [1.82, 2.24) is 20.0 Å². The molecule has 1 saturated carbocycles. The van der Waals surface area contributed by atoms with Crippen LogP contribution in [-0.2, 0) is 5.54 Å². The Bertz CT molecular complexity index is 774. The van der Waals surface area contributed by atoms with E-state index in [1.807, 2.05) is 16.9 Å². The molecule has 2 aromatic heterocycles. The van der Waals surface area contributed by atoms with Crippen molar-refractivity contribution in [2.24, 2.45) is 0 Å². The molecule has 21 heavy (non-hydrogen) atoms. The van der Waals surface area contributed by atoms with E-state index in [4.69, 9.17) is 4.98 Å². The van der Waals surface area contributed by atoms with Crippen LogP contribution >= 0.6 is 0 Å². The number of hydrogen-bond acceptors (Lipinski definition) is 4. The van der Waals surface area contributed by atoms with Crippen LogP contribution in [0.5, 0.6) is 0 Å². The first kappa shape index (κ1) is 12.3. The molecule has 0 radical (unpaired) electrons. The average Bonchev–Trinajstić information content (AvgIpc) is 3.09. The van der Waals surface area contributed by atoms with Gasteiger partial charge < -0.3 is 5.32 Å². The van der Waals surface area contributed by atoms with E-state index in [-0.39, 0.29) is 5.54 Å². The molecule has 1 aliphatic carbocycles. The topological polar surface area (TPSA) is 55.6 Å². The van der Waals surface area contributed by atoms with Crippen molar-refractivity contribution >= 4 is 16.7 Å². The molecule has 5 heteroatoms. The van der Waals surface area contributed by atoms with Crippen LogP contribution in [0.4, 0.5) is 5.82 Å². The quantitative estimate of drug-likeness (QED) is 0.798. The van der Waals surface area contributed by atoms with E-state index in [1.54, 1.807) is 6.20 Å². The summed E-state index contributed by atoms with van der Waals surface area (Å²) < 4.78 is 1.96. The van der Waals surface area contributed by atoms with Gasteiger partial charge in [0.05, 0.1) is 17.3 Å². The fraction of sp³-hybridized carbons (Fsp3) is 0.312. The van der Waals surface area contributed by atoms with E-state index in [1.165, 1.54) is 10.9 Å². The third kappa shape index (κ3) is 2.14. The lowest BCUT2D eigenvalue weighted by Gasteiger charge is -2.16. The Labute approximate surface area is 123 Å². The first-order valence-corrected chi connectivity index (χ1v) is 7.24. The Morgan fingerprint density at radius 1 is 1.24 bits per heavy atom. The van der Waals surface area contributed by atoms with E-state index in [9.17, 15) is 0 Å². The maximum Gasteiger partial charge on any atom is 0.126 e. The number of rotatable bonds is 4. The molecule has 4 rings (SSSR count). The molecule has 1 fully saturated rings. The van der Waals surface area contributed by atoms with E-state index >= 15 is 0 Å². The van der Waals surface area contributed by atoms with Gasteiger partial charge >= 0.3 is 0 Å². The minimum atomic E-state index is 0.0822. The molecule has 106 valence electrons. The third-order valence-corrected chi connectivity index (χ3v) is 4.26. The van der Waals surface area contributed by atoms with Gasteiger partial charge in [-0.05, 0) is 37.5 Å². The number of fused-ring (bicyclic) bond motifs is 1. The van der Waals surface area contributed by atoms with Crippen molar-refractivity contribution in [3.05, 3.63) is 48.3 Å². The fourth-order valence-electron chi connectivity index (χ4n) is 2.74. The molecule has 0 amide bonds. The van der Waals surface area contributed by atoms with Gasteiger partial charge in [0.15, 0.2) is 0 Å². The van der Waals surface area contributed by atoms with Crippen molar-refractivity contribution in [3.63, 3.8) is 0 Å². The maximum atomic E-state index is 4.73. The number of hydrogen-bond donors (Lipinski definition) is 1. The first-order valence-electron chi connectivity index (χ1n) is 7.24. The maximum absolute atomic E-state index is 4.73. The lowest BCUT2D eigenvalue weighted by atomic mass is 10.1. The minimum absolute atomic E-state index is 0.0822. The first-order chi connectivity index (χ1) is 10.3. The lowest BCUT2D eigenvalue weighted by molar-refractivity contribution is 0.439. The van der Waals surface area contributed by atoms with Crippen LogP contribution in [0.25, 0.3) is 10.9 Å².